The molecule has 0 unspecified atom stereocenters. The SMILES string of the molecule is CCC[C@@H](N)C(=O)Nc1ccccc1-n1cncn1. The molecule has 1 atom stereocenters. The number of hydrogen-bond acceptors (Lipinski definition) is 4. The summed E-state index contributed by atoms with van der Waals surface area (Å²) in [6.07, 6.45) is 4.56. The lowest BCUT2D eigenvalue weighted by atomic mass is 10.1. The fourth-order valence-corrected chi connectivity index (χ4v) is 1.78. The number of hydrogen-bond donors (Lipinski definition) is 2. The molecule has 0 saturated carbocycles. The van der Waals surface area contributed by atoms with Gasteiger partial charge < -0.3 is 11.1 Å². The number of aromatic nitrogens is 3. The minimum Gasteiger partial charge on any atom is -0.323 e. The second-order valence-electron chi connectivity index (χ2n) is 4.24. The molecule has 3 N–H and O–H groups in total. The third-order valence-electron chi connectivity index (χ3n) is 2.76. The lowest BCUT2D eigenvalue weighted by Crippen LogP contribution is -2.35. The molecule has 0 spiro atoms. The Bertz CT molecular complexity index is 538. The maximum absolute atomic E-state index is 11.9. The highest BCUT2D eigenvalue weighted by atomic mass is 16.2. The van der Waals surface area contributed by atoms with Gasteiger partial charge in [-0.15, -0.1) is 0 Å². The van der Waals surface area contributed by atoms with Gasteiger partial charge in [0.05, 0.1) is 17.4 Å². The van der Waals surface area contributed by atoms with Crippen LogP contribution in [0.15, 0.2) is 36.9 Å². The maximum atomic E-state index is 11.9. The highest BCUT2D eigenvalue weighted by Gasteiger charge is 2.14. The zero-order valence-corrected chi connectivity index (χ0v) is 10.8. The van der Waals surface area contributed by atoms with Crippen molar-refractivity contribution in [1.29, 1.82) is 0 Å². The third-order valence-corrected chi connectivity index (χ3v) is 2.76. The molecule has 1 aromatic carbocycles. The molecule has 100 valence electrons. The quantitative estimate of drug-likeness (QED) is 0.848. The van der Waals surface area contributed by atoms with Crippen LogP contribution in [0.3, 0.4) is 0 Å². The molecule has 19 heavy (non-hydrogen) atoms. The maximum Gasteiger partial charge on any atom is 0.241 e. The van der Waals surface area contributed by atoms with Gasteiger partial charge in [-0.05, 0) is 18.6 Å². The smallest absolute Gasteiger partial charge is 0.241 e. The zero-order chi connectivity index (χ0) is 13.7. The predicted molar refractivity (Wildman–Crippen MR) is 72.9 cm³/mol. The fourth-order valence-electron chi connectivity index (χ4n) is 1.78. The Morgan fingerprint density at radius 1 is 1.47 bits per heavy atom. The number of nitrogens with zero attached hydrogens (tertiary/aromatic N) is 3. The summed E-state index contributed by atoms with van der Waals surface area (Å²) in [5, 5.41) is 6.89. The summed E-state index contributed by atoms with van der Waals surface area (Å²) in [4.78, 5) is 15.8. The fraction of sp³-hybridized carbons (Fsp3) is 0.308. The van der Waals surface area contributed by atoms with Crippen LogP contribution < -0.4 is 11.1 Å². The van der Waals surface area contributed by atoms with Crippen LogP contribution >= 0.6 is 0 Å². The zero-order valence-electron chi connectivity index (χ0n) is 10.8. The summed E-state index contributed by atoms with van der Waals surface area (Å²) < 4.78 is 1.60. The second-order valence-corrected chi connectivity index (χ2v) is 4.24. The van der Waals surface area contributed by atoms with Crippen molar-refractivity contribution in [1.82, 2.24) is 14.8 Å². The molecule has 1 aromatic heterocycles. The van der Waals surface area contributed by atoms with Crippen molar-refractivity contribution < 1.29 is 4.79 Å². The lowest BCUT2D eigenvalue weighted by Gasteiger charge is -2.14. The Balaban J connectivity index is 2.19. The van der Waals surface area contributed by atoms with Crippen molar-refractivity contribution in [2.45, 2.75) is 25.8 Å². The van der Waals surface area contributed by atoms with E-state index in [9.17, 15) is 4.79 Å². The van der Waals surface area contributed by atoms with Gasteiger partial charge in [0, 0.05) is 0 Å². The average molecular weight is 259 g/mol. The number of rotatable bonds is 5. The molecule has 0 aliphatic heterocycles. The standard InChI is InChI=1S/C13H17N5O/c1-2-5-10(14)13(19)17-11-6-3-4-7-12(11)18-9-15-8-16-18/h3-4,6-10H,2,5,14H2,1H3,(H,17,19)/t10-/m1/s1. The number of anilines is 1. The van der Waals surface area contributed by atoms with Crippen molar-refractivity contribution in [3.8, 4) is 5.69 Å². The van der Waals surface area contributed by atoms with Gasteiger partial charge in [0.25, 0.3) is 0 Å². The highest BCUT2D eigenvalue weighted by molar-refractivity contribution is 5.96. The van der Waals surface area contributed by atoms with E-state index in [0.29, 0.717) is 12.1 Å². The summed E-state index contributed by atoms with van der Waals surface area (Å²) in [6, 6.07) is 6.90. The molecule has 6 heteroatoms. The van der Waals surface area contributed by atoms with Crippen molar-refractivity contribution in [3.05, 3.63) is 36.9 Å². The van der Waals surface area contributed by atoms with Gasteiger partial charge >= 0.3 is 0 Å². The van der Waals surface area contributed by atoms with Crippen molar-refractivity contribution >= 4 is 11.6 Å². The summed E-state index contributed by atoms with van der Waals surface area (Å²) in [6.45, 7) is 2.00. The van der Waals surface area contributed by atoms with E-state index in [1.54, 1.807) is 11.0 Å². The van der Waals surface area contributed by atoms with Crippen LogP contribution in [0.25, 0.3) is 5.69 Å². The molecule has 2 rings (SSSR count). The Labute approximate surface area is 111 Å². The van der Waals surface area contributed by atoms with Crippen LogP contribution in [-0.2, 0) is 4.79 Å². The number of nitrogens with two attached hydrogens (primary N) is 1. The van der Waals surface area contributed by atoms with Crippen LogP contribution in [0.5, 0.6) is 0 Å². The van der Waals surface area contributed by atoms with Crippen LogP contribution in [0.2, 0.25) is 0 Å². The highest BCUT2D eigenvalue weighted by Crippen LogP contribution is 2.18. The molecule has 0 aliphatic carbocycles. The minimum atomic E-state index is -0.492. The summed E-state index contributed by atoms with van der Waals surface area (Å²) in [7, 11) is 0. The van der Waals surface area contributed by atoms with Crippen molar-refractivity contribution in [2.24, 2.45) is 5.73 Å². The number of nitrogens with one attached hydrogen (secondary N) is 1. The molecular formula is C13H17N5O. The van der Waals surface area contributed by atoms with E-state index >= 15 is 0 Å². The molecule has 0 bridgehead atoms. The Morgan fingerprint density at radius 3 is 2.95 bits per heavy atom. The largest absolute Gasteiger partial charge is 0.323 e. The monoisotopic (exact) mass is 259 g/mol. The molecule has 0 saturated heterocycles. The summed E-state index contributed by atoms with van der Waals surface area (Å²) in [5.74, 6) is -0.186. The second kappa shape index (κ2) is 6.10. The molecule has 1 amide bonds. The third kappa shape index (κ3) is 3.17. The van der Waals surface area contributed by atoms with E-state index < -0.39 is 6.04 Å². The first-order valence-corrected chi connectivity index (χ1v) is 6.23. The van der Waals surface area contributed by atoms with E-state index in [4.69, 9.17) is 5.73 Å². The van der Waals surface area contributed by atoms with Gasteiger partial charge in [-0.1, -0.05) is 25.5 Å². The van der Waals surface area contributed by atoms with Crippen LogP contribution in [-0.4, -0.2) is 26.7 Å². The summed E-state index contributed by atoms with van der Waals surface area (Å²) >= 11 is 0. The molecule has 0 aliphatic rings. The van der Waals surface area contributed by atoms with Crippen LogP contribution in [0.4, 0.5) is 5.69 Å². The number of para-hydroxylation sites is 2. The van der Waals surface area contributed by atoms with E-state index in [-0.39, 0.29) is 5.91 Å². The number of benzene rings is 1. The summed E-state index contributed by atoms with van der Waals surface area (Å²) in [5.41, 5.74) is 7.23. The van der Waals surface area contributed by atoms with Gasteiger partial charge in [0.15, 0.2) is 0 Å². The molecule has 1 heterocycles. The van der Waals surface area contributed by atoms with Gasteiger partial charge in [-0.3, -0.25) is 4.79 Å². The van der Waals surface area contributed by atoms with Crippen molar-refractivity contribution in [3.63, 3.8) is 0 Å². The Hall–Kier alpha value is -2.21. The van der Waals surface area contributed by atoms with E-state index in [1.807, 2.05) is 31.2 Å². The first-order chi connectivity index (χ1) is 9.22. The molecule has 0 radical (unpaired) electrons. The van der Waals surface area contributed by atoms with Crippen LogP contribution in [0.1, 0.15) is 19.8 Å². The van der Waals surface area contributed by atoms with Gasteiger partial charge in [0.1, 0.15) is 12.7 Å². The topological polar surface area (TPSA) is 85.8 Å². The van der Waals surface area contributed by atoms with Gasteiger partial charge in [-0.2, -0.15) is 5.10 Å². The number of carbonyl (C=O) groups is 1. The lowest BCUT2D eigenvalue weighted by molar-refractivity contribution is -0.117. The number of amides is 1. The Morgan fingerprint density at radius 2 is 2.26 bits per heavy atom. The molecular weight excluding hydrogens is 242 g/mol. The molecule has 6 nitrogen and oxygen atoms in total. The van der Waals surface area contributed by atoms with Gasteiger partial charge in [-0.25, -0.2) is 9.67 Å². The van der Waals surface area contributed by atoms with E-state index in [1.165, 1.54) is 6.33 Å². The Kier molecular flexibility index (Phi) is 4.25. The first-order valence-electron chi connectivity index (χ1n) is 6.23. The first kappa shape index (κ1) is 13.2. The van der Waals surface area contributed by atoms with Crippen molar-refractivity contribution in [2.75, 3.05) is 5.32 Å². The normalized spacial score (nSPS) is 12.1. The predicted octanol–water partition coefficient (Wildman–Crippen LogP) is 1.33. The average Bonchev–Trinajstić information content (AvgIpc) is 2.93. The molecule has 2 aromatic rings. The minimum absolute atomic E-state index is 0.186. The van der Waals surface area contributed by atoms with Gasteiger partial charge in [0.2, 0.25) is 5.91 Å². The number of carbonyl (C=O) groups excluding carboxylic acids is 1. The van der Waals surface area contributed by atoms with E-state index in [0.717, 1.165) is 12.1 Å². The van der Waals surface area contributed by atoms with Crippen LogP contribution in [0, 0.1) is 0 Å². The molecule has 0 fully saturated rings. The van der Waals surface area contributed by atoms with E-state index in [2.05, 4.69) is 15.4 Å².